The average molecular weight is 236 g/mol. The third kappa shape index (κ3) is 2.78. The Morgan fingerprint density at radius 1 is 1.00 bits per heavy atom. The van der Waals surface area contributed by atoms with Crippen molar-refractivity contribution in [2.24, 2.45) is 0 Å². The van der Waals surface area contributed by atoms with Gasteiger partial charge in [0.05, 0.1) is 12.7 Å². The van der Waals surface area contributed by atoms with E-state index in [1.54, 1.807) is 18.2 Å². The van der Waals surface area contributed by atoms with Crippen LogP contribution in [0.15, 0.2) is 54.6 Å². The minimum atomic E-state index is -0.240. The van der Waals surface area contributed by atoms with Crippen molar-refractivity contribution in [2.45, 2.75) is 0 Å². The van der Waals surface area contributed by atoms with Gasteiger partial charge in [-0.25, -0.2) is 0 Å². The summed E-state index contributed by atoms with van der Waals surface area (Å²) in [5, 5.41) is 0. The standard InChI is InChI=1S/C16H12O2/c1-18-16-10-6-5-9-14(16)15(17)12-11-13-7-3-2-4-8-13/h2-10H,1H3. The molecule has 0 unspecified atom stereocenters. The molecule has 0 fully saturated rings. The van der Waals surface area contributed by atoms with E-state index in [0.29, 0.717) is 11.3 Å². The summed E-state index contributed by atoms with van der Waals surface area (Å²) in [7, 11) is 1.54. The number of hydrogen-bond donors (Lipinski definition) is 0. The molecule has 2 aromatic carbocycles. The van der Waals surface area contributed by atoms with Crippen LogP contribution in [0.25, 0.3) is 0 Å². The first kappa shape index (κ1) is 11.9. The summed E-state index contributed by atoms with van der Waals surface area (Å²) in [6, 6.07) is 16.5. The molecule has 0 heterocycles. The fraction of sp³-hybridized carbons (Fsp3) is 0.0625. The fourth-order valence-electron chi connectivity index (χ4n) is 1.55. The third-order valence-electron chi connectivity index (χ3n) is 2.45. The first-order chi connectivity index (χ1) is 8.81. The van der Waals surface area contributed by atoms with E-state index in [1.807, 2.05) is 36.4 Å². The second-order valence-corrected chi connectivity index (χ2v) is 3.65. The van der Waals surface area contributed by atoms with Gasteiger partial charge in [-0.15, -0.1) is 0 Å². The van der Waals surface area contributed by atoms with Crippen LogP contribution in [0.5, 0.6) is 5.75 Å². The minimum absolute atomic E-state index is 0.240. The Hall–Kier alpha value is -2.53. The van der Waals surface area contributed by atoms with Gasteiger partial charge in [0.15, 0.2) is 0 Å². The van der Waals surface area contributed by atoms with Crippen LogP contribution in [0.2, 0.25) is 0 Å². The highest BCUT2D eigenvalue weighted by atomic mass is 16.5. The molecule has 0 aliphatic rings. The summed E-state index contributed by atoms with van der Waals surface area (Å²) in [4.78, 5) is 11.9. The third-order valence-corrected chi connectivity index (χ3v) is 2.45. The molecule has 0 spiro atoms. The Kier molecular flexibility index (Phi) is 3.78. The number of ether oxygens (including phenoxy) is 1. The molecule has 0 radical (unpaired) electrons. The normalized spacial score (nSPS) is 9.17. The number of benzene rings is 2. The predicted octanol–water partition coefficient (Wildman–Crippen LogP) is 2.93. The van der Waals surface area contributed by atoms with Crippen molar-refractivity contribution in [3.63, 3.8) is 0 Å². The zero-order valence-electron chi connectivity index (χ0n) is 10.0. The molecule has 18 heavy (non-hydrogen) atoms. The van der Waals surface area contributed by atoms with Crippen LogP contribution in [0.3, 0.4) is 0 Å². The van der Waals surface area contributed by atoms with Crippen molar-refractivity contribution in [3.05, 3.63) is 65.7 Å². The van der Waals surface area contributed by atoms with Gasteiger partial charge in [0.2, 0.25) is 5.78 Å². The molecule has 0 saturated carbocycles. The maximum absolute atomic E-state index is 11.9. The van der Waals surface area contributed by atoms with Gasteiger partial charge >= 0.3 is 0 Å². The van der Waals surface area contributed by atoms with Gasteiger partial charge in [0.25, 0.3) is 0 Å². The molecule has 2 heteroatoms. The van der Waals surface area contributed by atoms with E-state index in [9.17, 15) is 4.79 Å². The second-order valence-electron chi connectivity index (χ2n) is 3.65. The molecule has 0 aromatic heterocycles. The predicted molar refractivity (Wildman–Crippen MR) is 70.6 cm³/mol. The van der Waals surface area contributed by atoms with Crippen molar-refractivity contribution < 1.29 is 9.53 Å². The first-order valence-corrected chi connectivity index (χ1v) is 5.55. The largest absolute Gasteiger partial charge is 0.496 e. The summed E-state index contributed by atoms with van der Waals surface area (Å²) >= 11 is 0. The molecule has 88 valence electrons. The highest BCUT2D eigenvalue weighted by molar-refractivity contribution is 6.11. The maximum atomic E-state index is 11.9. The van der Waals surface area contributed by atoms with Gasteiger partial charge in [-0.1, -0.05) is 36.3 Å². The molecule has 0 bridgehead atoms. The van der Waals surface area contributed by atoms with E-state index in [-0.39, 0.29) is 5.78 Å². The summed E-state index contributed by atoms with van der Waals surface area (Å²) in [5.41, 5.74) is 1.31. The van der Waals surface area contributed by atoms with Crippen LogP contribution in [0.1, 0.15) is 15.9 Å². The number of rotatable bonds is 2. The number of Topliss-reactive ketones (excluding diaryl/α,β-unsaturated/α-hetero) is 1. The summed E-state index contributed by atoms with van der Waals surface area (Å²) < 4.78 is 5.13. The van der Waals surface area contributed by atoms with Crippen LogP contribution >= 0.6 is 0 Å². The SMILES string of the molecule is COc1ccccc1C(=O)C#Cc1ccccc1. The van der Waals surface area contributed by atoms with Crippen molar-refractivity contribution in [1.82, 2.24) is 0 Å². The van der Waals surface area contributed by atoms with E-state index in [1.165, 1.54) is 7.11 Å². The molecule has 0 N–H and O–H groups in total. The van der Waals surface area contributed by atoms with Gasteiger partial charge in [0, 0.05) is 5.56 Å². The lowest BCUT2D eigenvalue weighted by Crippen LogP contribution is -1.98. The average Bonchev–Trinajstić information content (AvgIpc) is 2.45. The summed E-state index contributed by atoms with van der Waals surface area (Å²) in [6.07, 6.45) is 0. The smallest absolute Gasteiger partial charge is 0.239 e. The molecular weight excluding hydrogens is 224 g/mol. The van der Waals surface area contributed by atoms with Gasteiger partial charge in [-0.2, -0.15) is 0 Å². The molecule has 0 saturated heterocycles. The molecule has 0 aliphatic carbocycles. The highest BCUT2D eigenvalue weighted by Gasteiger charge is 2.08. The van der Waals surface area contributed by atoms with Crippen LogP contribution in [0.4, 0.5) is 0 Å². The quantitative estimate of drug-likeness (QED) is 0.592. The van der Waals surface area contributed by atoms with E-state index in [0.717, 1.165) is 5.56 Å². The zero-order chi connectivity index (χ0) is 12.8. The molecule has 0 amide bonds. The minimum Gasteiger partial charge on any atom is -0.496 e. The van der Waals surface area contributed by atoms with Gasteiger partial charge in [-0.3, -0.25) is 4.79 Å². The van der Waals surface area contributed by atoms with E-state index in [4.69, 9.17) is 4.74 Å². The Labute approximate surface area is 106 Å². The lowest BCUT2D eigenvalue weighted by Gasteiger charge is -2.02. The molecule has 2 rings (SSSR count). The molecule has 2 aromatic rings. The van der Waals surface area contributed by atoms with Gasteiger partial charge in [-0.05, 0) is 30.2 Å². The summed E-state index contributed by atoms with van der Waals surface area (Å²) in [6.45, 7) is 0. The number of carbonyl (C=O) groups excluding carboxylic acids is 1. The molecular formula is C16H12O2. The number of methoxy groups -OCH3 is 1. The Balaban J connectivity index is 2.26. The Bertz CT molecular complexity index is 604. The van der Waals surface area contributed by atoms with Crippen molar-refractivity contribution >= 4 is 5.78 Å². The van der Waals surface area contributed by atoms with Crippen LogP contribution in [-0.4, -0.2) is 12.9 Å². The van der Waals surface area contributed by atoms with E-state index in [2.05, 4.69) is 11.8 Å². The zero-order valence-corrected chi connectivity index (χ0v) is 10.0. The molecule has 0 aliphatic heterocycles. The van der Waals surface area contributed by atoms with Crippen LogP contribution in [-0.2, 0) is 0 Å². The first-order valence-electron chi connectivity index (χ1n) is 5.55. The maximum Gasteiger partial charge on any atom is 0.239 e. The Morgan fingerprint density at radius 3 is 2.39 bits per heavy atom. The van der Waals surface area contributed by atoms with Gasteiger partial charge < -0.3 is 4.74 Å². The molecule has 0 atom stereocenters. The number of para-hydroxylation sites is 1. The lowest BCUT2D eigenvalue weighted by atomic mass is 10.1. The second kappa shape index (κ2) is 5.70. The topological polar surface area (TPSA) is 26.3 Å². The lowest BCUT2D eigenvalue weighted by molar-refractivity contribution is 0.105. The monoisotopic (exact) mass is 236 g/mol. The number of hydrogen-bond acceptors (Lipinski definition) is 2. The fourth-order valence-corrected chi connectivity index (χ4v) is 1.55. The van der Waals surface area contributed by atoms with Crippen molar-refractivity contribution in [1.29, 1.82) is 0 Å². The number of carbonyl (C=O) groups is 1. The molecule has 2 nitrogen and oxygen atoms in total. The highest BCUT2D eigenvalue weighted by Crippen LogP contribution is 2.17. The van der Waals surface area contributed by atoms with E-state index < -0.39 is 0 Å². The number of ketones is 1. The van der Waals surface area contributed by atoms with Gasteiger partial charge in [0.1, 0.15) is 5.75 Å². The Morgan fingerprint density at radius 2 is 1.67 bits per heavy atom. The van der Waals surface area contributed by atoms with Crippen LogP contribution in [0, 0.1) is 11.8 Å². The summed E-state index contributed by atoms with van der Waals surface area (Å²) in [5.74, 6) is 5.77. The van der Waals surface area contributed by atoms with E-state index >= 15 is 0 Å². The van der Waals surface area contributed by atoms with Crippen LogP contribution < -0.4 is 4.74 Å². The van der Waals surface area contributed by atoms with Crippen molar-refractivity contribution in [2.75, 3.05) is 7.11 Å². The van der Waals surface area contributed by atoms with Crippen molar-refractivity contribution in [3.8, 4) is 17.6 Å².